The van der Waals surface area contributed by atoms with E-state index in [1.54, 1.807) is 0 Å². The van der Waals surface area contributed by atoms with Gasteiger partial charge in [-0.3, -0.25) is 0 Å². The van der Waals surface area contributed by atoms with E-state index < -0.39 is 35.5 Å². The molecule has 18 heavy (non-hydrogen) atoms. The minimum Gasteiger partial charge on any atom is -0.358 e. The second-order valence-corrected chi connectivity index (χ2v) is 4.51. The molecule has 0 radical (unpaired) electrons. The Hall–Kier alpha value is -0.990. The lowest BCUT2D eigenvalue weighted by Crippen LogP contribution is -2.46. The van der Waals surface area contributed by atoms with E-state index in [1.165, 1.54) is 6.07 Å². The maximum Gasteiger partial charge on any atom is 0.443 e. The van der Waals surface area contributed by atoms with Gasteiger partial charge in [-0.15, -0.1) is 0 Å². The summed E-state index contributed by atoms with van der Waals surface area (Å²) in [5, 5.41) is 24.9. The van der Waals surface area contributed by atoms with E-state index >= 15 is 0 Å². The van der Waals surface area contributed by atoms with Gasteiger partial charge in [0.1, 0.15) is 5.82 Å². The van der Waals surface area contributed by atoms with Crippen LogP contribution in [0, 0.1) is 11.2 Å². The number of hydrogen-bond donors (Lipinski definition) is 3. The largest absolute Gasteiger partial charge is 0.443 e. The fourth-order valence-corrected chi connectivity index (χ4v) is 1.51. The van der Waals surface area contributed by atoms with E-state index in [0.29, 0.717) is 4.47 Å². The summed E-state index contributed by atoms with van der Waals surface area (Å²) in [5.74, 6) is -4.98. The SMILES string of the molecule is N=C(CC(O)(O)C(F)(F)F)c1ccc(Br)cc1F. The number of rotatable bonds is 3. The lowest BCUT2D eigenvalue weighted by Gasteiger charge is -2.24. The van der Waals surface area contributed by atoms with Crippen molar-refractivity contribution in [3.63, 3.8) is 0 Å². The molecule has 1 aromatic carbocycles. The number of nitrogens with one attached hydrogen (secondary N) is 1. The highest BCUT2D eigenvalue weighted by atomic mass is 79.9. The summed E-state index contributed by atoms with van der Waals surface area (Å²) >= 11 is 2.95. The Balaban J connectivity index is 2.96. The summed E-state index contributed by atoms with van der Waals surface area (Å²) in [4.78, 5) is 0. The zero-order valence-corrected chi connectivity index (χ0v) is 10.3. The molecule has 0 fully saturated rings. The van der Waals surface area contributed by atoms with Crippen LogP contribution >= 0.6 is 15.9 Å². The normalized spacial score (nSPS) is 12.6. The summed E-state index contributed by atoms with van der Waals surface area (Å²) in [7, 11) is 0. The van der Waals surface area contributed by atoms with E-state index in [0.717, 1.165) is 12.1 Å². The second kappa shape index (κ2) is 4.94. The highest BCUT2D eigenvalue weighted by Gasteiger charge is 2.53. The molecule has 3 nitrogen and oxygen atoms in total. The van der Waals surface area contributed by atoms with Gasteiger partial charge in [0, 0.05) is 15.7 Å². The fourth-order valence-electron chi connectivity index (χ4n) is 1.18. The Labute approximate surface area is 108 Å². The van der Waals surface area contributed by atoms with Crippen LogP contribution in [0.25, 0.3) is 0 Å². The molecule has 100 valence electrons. The van der Waals surface area contributed by atoms with Crippen LogP contribution in [0.1, 0.15) is 12.0 Å². The molecule has 8 heteroatoms. The van der Waals surface area contributed by atoms with Crippen LogP contribution in [0.5, 0.6) is 0 Å². The molecule has 0 aromatic heterocycles. The quantitative estimate of drug-likeness (QED) is 0.453. The first-order valence-electron chi connectivity index (χ1n) is 4.59. The Kier molecular flexibility index (Phi) is 4.14. The highest BCUT2D eigenvalue weighted by molar-refractivity contribution is 9.10. The molecular weight excluding hydrogens is 322 g/mol. The third-order valence-corrected chi connectivity index (χ3v) is 2.63. The summed E-state index contributed by atoms with van der Waals surface area (Å²) in [5.41, 5.74) is -1.28. The van der Waals surface area contributed by atoms with Crippen LogP contribution in [-0.4, -0.2) is 27.9 Å². The van der Waals surface area contributed by atoms with Crippen LogP contribution in [0.15, 0.2) is 22.7 Å². The number of hydrogen-bond acceptors (Lipinski definition) is 3. The van der Waals surface area contributed by atoms with Crippen molar-refractivity contribution in [1.82, 2.24) is 0 Å². The monoisotopic (exact) mass is 329 g/mol. The van der Waals surface area contributed by atoms with Crippen LogP contribution in [0.3, 0.4) is 0 Å². The van der Waals surface area contributed by atoms with E-state index in [-0.39, 0.29) is 0 Å². The van der Waals surface area contributed by atoms with Gasteiger partial charge in [0.25, 0.3) is 5.79 Å². The van der Waals surface area contributed by atoms with Crippen LogP contribution in [-0.2, 0) is 0 Å². The van der Waals surface area contributed by atoms with Crippen LogP contribution in [0.4, 0.5) is 17.6 Å². The molecule has 0 aliphatic heterocycles. The second-order valence-electron chi connectivity index (χ2n) is 3.59. The van der Waals surface area contributed by atoms with Crippen LogP contribution < -0.4 is 0 Å². The van der Waals surface area contributed by atoms with Gasteiger partial charge < -0.3 is 15.6 Å². The minimum absolute atomic E-state index is 0.353. The highest BCUT2D eigenvalue weighted by Crippen LogP contribution is 2.32. The molecular formula is C10H8BrF4NO2. The molecule has 0 heterocycles. The lowest BCUT2D eigenvalue weighted by atomic mass is 10.0. The average Bonchev–Trinajstić information content (AvgIpc) is 2.14. The minimum atomic E-state index is -5.31. The Morgan fingerprint density at radius 3 is 2.28 bits per heavy atom. The van der Waals surface area contributed by atoms with Gasteiger partial charge in [-0.2, -0.15) is 13.2 Å². The van der Waals surface area contributed by atoms with E-state index in [2.05, 4.69) is 15.9 Å². The molecule has 0 amide bonds. The third kappa shape index (κ3) is 3.27. The van der Waals surface area contributed by atoms with Gasteiger partial charge in [0.15, 0.2) is 0 Å². The summed E-state index contributed by atoms with van der Waals surface area (Å²) in [6.45, 7) is 0. The van der Waals surface area contributed by atoms with Crippen molar-refractivity contribution < 1.29 is 27.8 Å². The van der Waals surface area contributed by atoms with Gasteiger partial charge in [-0.1, -0.05) is 15.9 Å². The zero-order chi connectivity index (χ0) is 14.1. The van der Waals surface area contributed by atoms with E-state index in [1.807, 2.05) is 0 Å². The van der Waals surface area contributed by atoms with Crippen LogP contribution in [0.2, 0.25) is 0 Å². The van der Waals surface area contributed by atoms with Crippen molar-refractivity contribution in [3.05, 3.63) is 34.1 Å². The topological polar surface area (TPSA) is 64.3 Å². The number of alkyl halides is 3. The molecule has 0 aliphatic carbocycles. The predicted molar refractivity (Wildman–Crippen MR) is 58.8 cm³/mol. The molecule has 0 spiro atoms. The molecule has 0 bridgehead atoms. The van der Waals surface area contributed by atoms with Gasteiger partial charge in [-0.25, -0.2) is 4.39 Å². The molecule has 0 atom stereocenters. The number of aliphatic hydroxyl groups is 2. The Morgan fingerprint density at radius 2 is 1.83 bits per heavy atom. The van der Waals surface area contributed by atoms with Gasteiger partial charge in [0.2, 0.25) is 0 Å². The average molecular weight is 330 g/mol. The third-order valence-electron chi connectivity index (χ3n) is 2.13. The molecule has 0 saturated heterocycles. The van der Waals surface area contributed by atoms with E-state index in [9.17, 15) is 17.6 Å². The Morgan fingerprint density at radius 1 is 1.28 bits per heavy atom. The molecule has 3 N–H and O–H groups in total. The van der Waals surface area contributed by atoms with Crippen molar-refractivity contribution in [2.75, 3.05) is 0 Å². The maximum atomic E-state index is 13.4. The van der Waals surface area contributed by atoms with Crippen molar-refractivity contribution in [2.45, 2.75) is 18.4 Å². The molecule has 0 aliphatic rings. The predicted octanol–water partition coefficient (Wildman–Crippen LogP) is 2.59. The zero-order valence-electron chi connectivity index (χ0n) is 8.72. The van der Waals surface area contributed by atoms with Gasteiger partial charge >= 0.3 is 6.18 Å². The van der Waals surface area contributed by atoms with Crippen molar-refractivity contribution >= 4 is 21.6 Å². The van der Waals surface area contributed by atoms with Gasteiger partial charge in [-0.05, 0) is 18.2 Å². The molecule has 0 saturated carbocycles. The van der Waals surface area contributed by atoms with Crippen molar-refractivity contribution in [3.8, 4) is 0 Å². The van der Waals surface area contributed by atoms with Crippen molar-refractivity contribution in [2.24, 2.45) is 0 Å². The first-order chi connectivity index (χ1) is 8.04. The standard InChI is InChI=1S/C10H8BrF4NO2/c11-5-1-2-6(7(12)3-5)8(16)4-9(17,18)10(13,14)15/h1-3,16-18H,4H2. The fraction of sp³-hybridized carbons (Fsp3) is 0.300. The number of benzene rings is 1. The maximum absolute atomic E-state index is 13.4. The first kappa shape index (κ1) is 15.1. The first-order valence-corrected chi connectivity index (χ1v) is 5.38. The summed E-state index contributed by atoms with van der Waals surface area (Å²) < 4.78 is 50.2. The molecule has 1 rings (SSSR count). The molecule has 1 aromatic rings. The molecule has 0 unspecified atom stereocenters. The smallest absolute Gasteiger partial charge is 0.358 e. The summed E-state index contributed by atoms with van der Waals surface area (Å²) in [6.07, 6.45) is -6.76. The summed E-state index contributed by atoms with van der Waals surface area (Å²) in [6, 6.07) is 3.37. The number of halogens is 5. The van der Waals surface area contributed by atoms with Gasteiger partial charge in [0.05, 0.1) is 6.42 Å². The Bertz CT molecular complexity index is 473. The van der Waals surface area contributed by atoms with E-state index in [4.69, 9.17) is 15.6 Å². The lowest BCUT2D eigenvalue weighted by molar-refractivity contribution is -0.344. The van der Waals surface area contributed by atoms with Crippen molar-refractivity contribution in [1.29, 1.82) is 5.41 Å².